The van der Waals surface area contributed by atoms with Gasteiger partial charge in [0.05, 0.1) is 19.1 Å². The van der Waals surface area contributed by atoms with Crippen LogP contribution in [0.1, 0.15) is 6.42 Å². The first-order valence-electron chi connectivity index (χ1n) is 2.69. The van der Waals surface area contributed by atoms with E-state index in [2.05, 4.69) is 4.74 Å². The number of hydrogen-bond acceptors (Lipinski definition) is 2. The fraction of sp³-hybridized carbons (Fsp3) is 1.00. The van der Waals surface area contributed by atoms with Crippen LogP contribution in [0.4, 0.5) is 13.2 Å². The molecule has 1 unspecified atom stereocenters. The fourth-order valence-electron chi connectivity index (χ4n) is 0.518. The van der Waals surface area contributed by atoms with Crippen LogP contribution >= 0.6 is 0 Å². The SMILES string of the molecule is COCC(O)CC(F)(F)F. The first kappa shape index (κ1) is 9.71. The minimum atomic E-state index is -4.31. The van der Waals surface area contributed by atoms with Crippen molar-refractivity contribution >= 4 is 0 Å². The summed E-state index contributed by atoms with van der Waals surface area (Å²) in [6, 6.07) is 0. The van der Waals surface area contributed by atoms with Crippen molar-refractivity contribution in [1.82, 2.24) is 0 Å². The van der Waals surface area contributed by atoms with Gasteiger partial charge in [-0.3, -0.25) is 0 Å². The molecule has 0 aliphatic rings. The Bertz CT molecular complexity index is 91.4. The van der Waals surface area contributed by atoms with Crippen molar-refractivity contribution in [3.05, 3.63) is 0 Å². The van der Waals surface area contributed by atoms with Crippen molar-refractivity contribution in [3.63, 3.8) is 0 Å². The molecule has 0 saturated heterocycles. The molecule has 0 radical (unpaired) electrons. The van der Waals surface area contributed by atoms with Gasteiger partial charge in [-0.25, -0.2) is 0 Å². The molecule has 0 aromatic rings. The van der Waals surface area contributed by atoms with E-state index in [1.54, 1.807) is 0 Å². The van der Waals surface area contributed by atoms with Crippen LogP contribution in [0.2, 0.25) is 0 Å². The quantitative estimate of drug-likeness (QED) is 0.662. The molecule has 10 heavy (non-hydrogen) atoms. The topological polar surface area (TPSA) is 29.5 Å². The lowest BCUT2D eigenvalue weighted by Crippen LogP contribution is -2.23. The summed E-state index contributed by atoms with van der Waals surface area (Å²) in [7, 11) is 1.24. The Morgan fingerprint density at radius 1 is 1.50 bits per heavy atom. The number of alkyl halides is 3. The zero-order valence-electron chi connectivity index (χ0n) is 5.48. The van der Waals surface area contributed by atoms with Crippen molar-refractivity contribution in [2.45, 2.75) is 18.7 Å². The number of hydrogen-bond donors (Lipinski definition) is 1. The molecular formula is C5H9F3O2. The highest BCUT2D eigenvalue weighted by molar-refractivity contribution is 4.59. The molecule has 0 rings (SSSR count). The summed E-state index contributed by atoms with van der Waals surface area (Å²) in [5, 5.41) is 8.54. The average Bonchev–Trinajstić information content (AvgIpc) is 1.59. The second kappa shape index (κ2) is 3.78. The molecule has 0 saturated carbocycles. The van der Waals surface area contributed by atoms with E-state index in [1.165, 1.54) is 7.11 Å². The van der Waals surface area contributed by atoms with E-state index in [0.29, 0.717) is 0 Å². The minimum absolute atomic E-state index is 0.278. The van der Waals surface area contributed by atoms with Crippen LogP contribution in [0.15, 0.2) is 0 Å². The summed E-state index contributed by atoms with van der Waals surface area (Å²) in [5.74, 6) is 0. The summed E-state index contributed by atoms with van der Waals surface area (Å²) in [4.78, 5) is 0. The van der Waals surface area contributed by atoms with Gasteiger partial charge in [-0.2, -0.15) is 13.2 Å². The van der Waals surface area contributed by atoms with Gasteiger partial charge < -0.3 is 9.84 Å². The Balaban J connectivity index is 3.47. The molecule has 62 valence electrons. The van der Waals surface area contributed by atoms with E-state index >= 15 is 0 Å². The standard InChI is InChI=1S/C5H9F3O2/c1-10-3-4(9)2-5(6,7)8/h4,9H,2-3H2,1H3. The molecule has 0 bridgehead atoms. The molecule has 5 heteroatoms. The van der Waals surface area contributed by atoms with Crippen LogP contribution in [0.25, 0.3) is 0 Å². The zero-order chi connectivity index (χ0) is 8.20. The van der Waals surface area contributed by atoms with Crippen molar-refractivity contribution in [2.75, 3.05) is 13.7 Å². The van der Waals surface area contributed by atoms with Crippen molar-refractivity contribution in [3.8, 4) is 0 Å². The van der Waals surface area contributed by atoms with Gasteiger partial charge in [-0.05, 0) is 0 Å². The number of methoxy groups -OCH3 is 1. The normalized spacial score (nSPS) is 15.3. The van der Waals surface area contributed by atoms with Gasteiger partial charge in [-0.15, -0.1) is 0 Å². The van der Waals surface area contributed by atoms with E-state index in [1.807, 2.05) is 0 Å². The summed E-state index contributed by atoms with van der Waals surface area (Å²) in [5.41, 5.74) is 0. The minimum Gasteiger partial charge on any atom is -0.390 e. The van der Waals surface area contributed by atoms with Crippen LogP contribution in [0, 0.1) is 0 Å². The molecule has 0 amide bonds. The third-order valence-electron chi connectivity index (χ3n) is 0.826. The van der Waals surface area contributed by atoms with Gasteiger partial charge in [0.25, 0.3) is 0 Å². The van der Waals surface area contributed by atoms with Crippen LogP contribution < -0.4 is 0 Å². The second-order valence-electron chi connectivity index (χ2n) is 1.93. The van der Waals surface area contributed by atoms with E-state index in [4.69, 9.17) is 5.11 Å². The Labute approximate surface area is 56.6 Å². The Morgan fingerprint density at radius 2 is 2.00 bits per heavy atom. The van der Waals surface area contributed by atoms with Gasteiger partial charge in [0.15, 0.2) is 0 Å². The number of rotatable bonds is 3. The molecular weight excluding hydrogens is 149 g/mol. The fourth-order valence-corrected chi connectivity index (χ4v) is 0.518. The molecule has 0 aromatic carbocycles. The van der Waals surface area contributed by atoms with Gasteiger partial charge in [-0.1, -0.05) is 0 Å². The zero-order valence-corrected chi connectivity index (χ0v) is 5.48. The monoisotopic (exact) mass is 158 g/mol. The van der Waals surface area contributed by atoms with E-state index in [0.717, 1.165) is 0 Å². The summed E-state index contributed by atoms with van der Waals surface area (Å²) in [6.45, 7) is -0.278. The molecule has 0 aromatic heterocycles. The molecule has 0 spiro atoms. The second-order valence-corrected chi connectivity index (χ2v) is 1.93. The van der Waals surface area contributed by atoms with E-state index in [-0.39, 0.29) is 6.61 Å². The Hall–Kier alpha value is -0.290. The lowest BCUT2D eigenvalue weighted by molar-refractivity contribution is -0.158. The van der Waals surface area contributed by atoms with Gasteiger partial charge in [0.1, 0.15) is 0 Å². The third-order valence-corrected chi connectivity index (χ3v) is 0.826. The maximum atomic E-state index is 11.4. The maximum Gasteiger partial charge on any atom is 0.391 e. The molecule has 0 fully saturated rings. The van der Waals surface area contributed by atoms with E-state index in [9.17, 15) is 13.2 Å². The van der Waals surface area contributed by atoms with Crippen LogP contribution in [0.3, 0.4) is 0 Å². The predicted octanol–water partition coefficient (Wildman–Crippen LogP) is 0.946. The van der Waals surface area contributed by atoms with Crippen LogP contribution in [-0.2, 0) is 4.74 Å². The molecule has 0 aliphatic heterocycles. The highest BCUT2D eigenvalue weighted by Gasteiger charge is 2.30. The van der Waals surface area contributed by atoms with Gasteiger partial charge in [0.2, 0.25) is 0 Å². The van der Waals surface area contributed by atoms with Crippen LogP contribution in [0.5, 0.6) is 0 Å². The average molecular weight is 158 g/mol. The van der Waals surface area contributed by atoms with Crippen LogP contribution in [-0.4, -0.2) is 31.1 Å². The largest absolute Gasteiger partial charge is 0.391 e. The number of halogens is 3. The van der Waals surface area contributed by atoms with Gasteiger partial charge >= 0.3 is 6.18 Å². The lowest BCUT2D eigenvalue weighted by atomic mass is 10.3. The Morgan fingerprint density at radius 3 is 2.30 bits per heavy atom. The maximum absolute atomic E-state index is 11.4. The number of ether oxygens (including phenoxy) is 1. The molecule has 1 N–H and O–H groups in total. The summed E-state index contributed by atoms with van der Waals surface area (Å²) < 4.78 is 38.5. The van der Waals surface area contributed by atoms with Crippen molar-refractivity contribution in [1.29, 1.82) is 0 Å². The molecule has 0 aliphatic carbocycles. The smallest absolute Gasteiger partial charge is 0.390 e. The summed E-state index contributed by atoms with van der Waals surface area (Å²) >= 11 is 0. The first-order valence-corrected chi connectivity index (χ1v) is 2.69. The number of aliphatic hydroxyl groups is 1. The van der Waals surface area contributed by atoms with Gasteiger partial charge in [0, 0.05) is 7.11 Å². The van der Waals surface area contributed by atoms with Crippen molar-refractivity contribution < 1.29 is 23.0 Å². The molecule has 1 atom stereocenters. The highest BCUT2D eigenvalue weighted by Crippen LogP contribution is 2.21. The summed E-state index contributed by atoms with van der Waals surface area (Å²) in [6.07, 6.45) is -6.95. The molecule has 2 nitrogen and oxygen atoms in total. The highest BCUT2D eigenvalue weighted by atomic mass is 19.4. The Kier molecular flexibility index (Phi) is 3.67. The number of aliphatic hydroxyl groups excluding tert-OH is 1. The lowest BCUT2D eigenvalue weighted by Gasteiger charge is -2.11. The first-order chi connectivity index (χ1) is 4.45. The molecule has 0 heterocycles. The van der Waals surface area contributed by atoms with Crippen molar-refractivity contribution in [2.24, 2.45) is 0 Å². The third kappa shape index (κ3) is 5.84. The predicted molar refractivity (Wildman–Crippen MR) is 28.6 cm³/mol. The van der Waals surface area contributed by atoms with E-state index < -0.39 is 18.7 Å².